The fraction of sp³-hybridized carbons (Fsp3) is 0.250. The van der Waals surface area contributed by atoms with Crippen LogP contribution in [0.5, 0.6) is 5.75 Å². The highest BCUT2D eigenvalue weighted by Gasteiger charge is 2.00. The molecule has 2 aromatic rings. The molecule has 0 aliphatic rings. The molecule has 2 nitrogen and oxygen atoms in total. The van der Waals surface area contributed by atoms with Crippen molar-refractivity contribution in [3.05, 3.63) is 65.5 Å². The lowest BCUT2D eigenvalue weighted by Crippen LogP contribution is -2.83. The summed E-state index contributed by atoms with van der Waals surface area (Å²) >= 11 is 0. The van der Waals surface area contributed by atoms with Gasteiger partial charge in [0.15, 0.2) is 0 Å². The second-order valence-corrected chi connectivity index (χ2v) is 4.51. The molecule has 2 rings (SSSR count). The van der Waals surface area contributed by atoms with Crippen molar-refractivity contribution in [1.29, 1.82) is 0 Å². The van der Waals surface area contributed by atoms with Gasteiger partial charge in [-0.1, -0.05) is 24.3 Å². The van der Waals surface area contributed by atoms with E-state index in [1.807, 2.05) is 24.3 Å². The van der Waals surface area contributed by atoms with Crippen molar-refractivity contribution in [3.8, 4) is 5.75 Å². The first-order valence-corrected chi connectivity index (χ1v) is 6.47. The van der Waals surface area contributed by atoms with Crippen molar-refractivity contribution in [1.82, 2.24) is 0 Å². The quantitative estimate of drug-likeness (QED) is 0.791. The van der Waals surface area contributed by atoms with Gasteiger partial charge in [0.2, 0.25) is 0 Å². The topological polar surface area (TPSA) is 25.8 Å². The van der Waals surface area contributed by atoms with Crippen LogP contribution >= 0.6 is 0 Å². The summed E-state index contributed by atoms with van der Waals surface area (Å²) in [5, 5.41) is 2.22. The number of hydrogen-bond acceptors (Lipinski definition) is 1. The van der Waals surface area contributed by atoms with Gasteiger partial charge < -0.3 is 10.1 Å². The first-order valence-electron chi connectivity index (χ1n) is 6.47. The first kappa shape index (κ1) is 13.6. The number of halogens is 1. The maximum Gasteiger partial charge on any atom is 0.123 e. The number of benzene rings is 2. The van der Waals surface area contributed by atoms with Crippen LogP contribution < -0.4 is 10.1 Å². The van der Waals surface area contributed by atoms with Crippen molar-refractivity contribution in [3.63, 3.8) is 0 Å². The molecule has 0 bridgehead atoms. The van der Waals surface area contributed by atoms with Gasteiger partial charge in [-0.15, -0.1) is 0 Å². The Bertz CT molecular complexity index is 528. The summed E-state index contributed by atoms with van der Waals surface area (Å²) in [5.74, 6) is 0.723. The van der Waals surface area contributed by atoms with Crippen LogP contribution in [0.1, 0.15) is 11.1 Å². The van der Waals surface area contributed by atoms with Crippen LogP contribution in [0.15, 0.2) is 48.5 Å². The van der Waals surface area contributed by atoms with Crippen molar-refractivity contribution < 1.29 is 14.4 Å². The number of rotatable bonds is 6. The monoisotopic (exact) mass is 260 g/mol. The molecular weight excluding hydrogens is 241 g/mol. The van der Waals surface area contributed by atoms with E-state index in [1.54, 1.807) is 19.2 Å². The average molecular weight is 260 g/mol. The molecule has 0 fully saturated rings. The Morgan fingerprint density at radius 2 is 1.84 bits per heavy atom. The minimum absolute atomic E-state index is 0.162. The molecule has 0 unspecified atom stereocenters. The lowest BCUT2D eigenvalue weighted by atomic mass is 10.1. The molecule has 0 aliphatic heterocycles. The van der Waals surface area contributed by atoms with Crippen LogP contribution in [0.2, 0.25) is 0 Å². The Morgan fingerprint density at radius 1 is 1.05 bits per heavy atom. The molecule has 0 aliphatic carbocycles. The molecular formula is C16H19FNO+. The summed E-state index contributed by atoms with van der Waals surface area (Å²) in [6, 6.07) is 14.8. The lowest BCUT2D eigenvalue weighted by molar-refractivity contribution is -0.670. The Kier molecular flexibility index (Phi) is 4.93. The average Bonchev–Trinajstić information content (AvgIpc) is 2.44. The van der Waals surface area contributed by atoms with E-state index in [1.165, 1.54) is 11.6 Å². The normalized spacial score (nSPS) is 10.4. The van der Waals surface area contributed by atoms with Gasteiger partial charge in [-0.05, 0) is 29.8 Å². The van der Waals surface area contributed by atoms with E-state index in [0.717, 1.165) is 30.8 Å². The van der Waals surface area contributed by atoms with Crippen LogP contribution in [0.4, 0.5) is 4.39 Å². The second kappa shape index (κ2) is 6.90. The van der Waals surface area contributed by atoms with Crippen LogP contribution in [-0.2, 0) is 13.0 Å². The smallest absolute Gasteiger partial charge is 0.123 e. The van der Waals surface area contributed by atoms with E-state index < -0.39 is 0 Å². The largest absolute Gasteiger partial charge is 0.497 e. The lowest BCUT2D eigenvalue weighted by Gasteiger charge is -2.04. The zero-order chi connectivity index (χ0) is 13.5. The summed E-state index contributed by atoms with van der Waals surface area (Å²) in [5.41, 5.74) is 2.28. The molecule has 0 amide bonds. The highest BCUT2D eigenvalue weighted by Crippen LogP contribution is 2.11. The number of hydrogen-bond donors (Lipinski definition) is 1. The predicted molar refractivity (Wildman–Crippen MR) is 73.6 cm³/mol. The summed E-state index contributed by atoms with van der Waals surface area (Å²) in [4.78, 5) is 0. The van der Waals surface area contributed by atoms with E-state index >= 15 is 0 Å². The SMILES string of the molecule is COc1cccc(C[NH2+]CCc2cccc(F)c2)c1. The van der Waals surface area contributed by atoms with Gasteiger partial charge in [-0.3, -0.25) is 0 Å². The van der Waals surface area contributed by atoms with Gasteiger partial charge in [0.05, 0.1) is 13.7 Å². The first-order chi connectivity index (χ1) is 9.28. The van der Waals surface area contributed by atoms with Gasteiger partial charge in [-0.25, -0.2) is 4.39 Å². The molecule has 2 aromatic carbocycles. The summed E-state index contributed by atoms with van der Waals surface area (Å²) < 4.78 is 18.2. The van der Waals surface area contributed by atoms with E-state index in [4.69, 9.17) is 4.74 Å². The van der Waals surface area contributed by atoms with Crippen LogP contribution in [0.25, 0.3) is 0 Å². The third-order valence-electron chi connectivity index (χ3n) is 3.04. The highest BCUT2D eigenvalue weighted by molar-refractivity contribution is 5.27. The minimum Gasteiger partial charge on any atom is -0.497 e. The molecule has 2 N–H and O–H groups in total. The fourth-order valence-corrected chi connectivity index (χ4v) is 2.03. The molecule has 0 atom stereocenters. The Morgan fingerprint density at radius 3 is 2.63 bits per heavy atom. The Balaban J connectivity index is 1.77. The maximum atomic E-state index is 13.0. The fourth-order valence-electron chi connectivity index (χ4n) is 2.03. The molecule has 0 spiro atoms. The third-order valence-corrected chi connectivity index (χ3v) is 3.04. The number of ether oxygens (including phenoxy) is 1. The molecule has 19 heavy (non-hydrogen) atoms. The van der Waals surface area contributed by atoms with Crippen molar-refractivity contribution in [2.75, 3.05) is 13.7 Å². The highest BCUT2D eigenvalue weighted by atomic mass is 19.1. The van der Waals surface area contributed by atoms with E-state index in [0.29, 0.717) is 0 Å². The number of methoxy groups -OCH3 is 1. The van der Waals surface area contributed by atoms with E-state index in [9.17, 15) is 4.39 Å². The van der Waals surface area contributed by atoms with Gasteiger partial charge >= 0.3 is 0 Å². The van der Waals surface area contributed by atoms with Gasteiger partial charge in [0.1, 0.15) is 18.1 Å². The van der Waals surface area contributed by atoms with Crippen LogP contribution in [-0.4, -0.2) is 13.7 Å². The second-order valence-electron chi connectivity index (χ2n) is 4.51. The molecule has 0 heterocycles. The van der Waals surface area contributed by atoms with Gasteiger partial charge in [-0.2, -0.15) is 0 Å². The molecule has 0 aromatic heterocycles. The van der Waals surface area contributed by atoms with Crippen LogP contribution in [0.3, 0.4) is 0 Å². The van der Waals surface area contributed by atoms with Gasteiger partial charge in [0.25, 0.3) is 0 Å². The Labute approximate surface area is 113 Å². The van der Waals surface area contributed by atoms with Crippen molar-refractivity contribution >= 4 is 0 Å². The summed E-state index contributed by atoms with van der Waals surface area (Å²) in [6.45, 7) is 1.85. The Hall–Kier alpha value is -1.87. The van der Waals surface area contributed by atoms with Gasteiger partial charge in [0, 0.05) is 12.0 Å². The summed E-state index contributed by atoms with van der Waals surface area (Å²) in [7, 11) is 1.67. The molecule has 0 radical (unpaired) electrons. The van der Waals surface area contributed by atoms with E-state index in [-0.39, 0.29) is 5.82 Å². The molecule has 100 valence electrons. The molecule has 0 saturated carbocycles. The van der Waals surface area contributed by atoms with Crippen molar-refractivity contribution in [2.24, 2.45) is 0 Å². The molecule has 3 heteroatoms. The number of nitrogens with two attached hydrogens (primary N) is 1. The zero-order valence-electron chi connectivity index (χ0n) is 11.1. The minimum atomic E-state index is -0.162. The maximum absolute atomic E-state index is 13.0. The third kappa shape index (κ3) is 4.38. The molecule has 0 saturated heterocycles. The summed E-state index contributed by atoms with van der Waals surface area (Å²) in [6.07, 6.45) is 0.877. The standard InChI is InChI=1S/C16H18FNO/c1-19-16-7-3-5-14(11-16)12-18-9-8-13-4-2-6-15(17)10-13/h2-7,10-11,18H,8-9,12H2,1H3/p+1. The number of quaternary nitrogens is 1. The van der Waals surface area contributed by atoms with E-state index in [2.05, 4.69) is 11.4 Å². The van der Waals surface area contributed by atoms with Crippen molar-refractivity contribution in [2.45, 2.75) is 13.0 Å². The zero-order valence-corrected chi connectivity index (χ0v) is 11.1. The predicted octanol–water partition coefficient (Wildman–Crippen LogP) is 2.14. The van der Waals surface area contributed by atoms with Crippen LogP contribution in [0, 0.1) is 5.82 Å².